The molecule has 19 heavy (non-hydrogen) atoms. The zero-order chi connectivity index (χ0) is 13.8. The third-order valence-corrected chi connectivity index (χ3v) is 3.19. The molecule has 0 radical (unpaired) electrons. The summed E-state index contributed by atoms with van der Waals surface area (Å²) in [5.41, 5.74) is 6.69. The number of nitrogens with one attached hydrogen (secondary N) is 1. The molecule has 0 aliphatic rings. The van der Waals surface area contributed by atoms with Gasteiger partial charge in [-0.1, -0.05) is 15.9 Å². The van der Waals surface area contributed by atoms with Gasteiger partial charge in [0.25, 0.3) is 5.91 Å². The van der Waals surface area contributed by atoms with Gasteiger partial charge < -0.3 is 15.6 Å². The Morgan fingerprint density at radius 2 is 2.32 bits per heavy atom. The molecule has 2 aromatic rings. The summed E-state index contributed by atoms with van der Waals surface area (Å²) >= 11 is 3.30. The summed E-state index contributed by atoms with van der Waals surface area (Å²) in [7, 11) is 0. The van der Waals surface area contributed by atoms with Gasteiger partial charge in [-0.15, -0.1) is 10.2 Å². The lowest BCUT2D eigenvalue weighted by Gasteiger charge is -2.08. The summed E-state index contributed by atoms with van der Waals surface area (Å²) in [4.78, 5) is 12.0. The predicted molar refractivity (Wildman–Crippen MR) is 75.4 cm³/mol. The third kappa shape index (κ3) is 3.11. The van der Waals surface area contributed by atoms with E-state index in [4.69, 9.17) is 5.73 Å². The molecule has 0 aliphatic carbocycles. The SMILES string of the molecule is CCn1cnnc1CNC(=O)c1ccc(Br)cc1N. The Kier molecular flexibility index (Phi) is 4.16. The second kappa shape index (κ2) is 5.83. The summed E-state index contributed by atoms with van der Waals surface area (Å²) in [6.45, 7) is 3.07. The first-order valence-corrected chi connectivity index (χ1v) is 6.61. The number of aromatic nitrogens is 3. The Labute approximate surface area is 119 Å². The minimum atomic E-state index is -0.226. The van der Waals surface area contributed by atoms with Crippen LogP contribution >= 0.6 is 15.9 Å². The van der Waals surface area contributed by atoms with E-state index in [2.05, 4.69) is 31.4 Å². The predicted octanol–water partition coefficient (Wildman–Crippen LogP) is 1.57. The van der Waals surface area contributed by atoms with Crippen LogP contribution in [0.2, 0.25) is 0 Å². The monoisotopic (exact) mass is 323 g/mol. The summed E-state index contributed by atoms with van der Waals surface area (Å²) in [5.74, 6) is 0.488. The number of carbonyl (C=O) groups is 1. The smallest absolute Gasteiger partial charge is 0.253 e. The van der Waals surface area contributed by atoms with Gasteiger partial charge >= 0.3 is 0 Å². The highest BCUT2D eigenvalue weighted by atomic mass is 79.9. The molecule has 1 aromatic carbocycles. The van der Waals surface area contributed by atoms with Crippen LogP contribution < -0.4 is 11.1 Å². The van der Waals surface area contributed by atoms with E-state index in [1.807, 2.05) is 11.5 Å². The fraction of sp³-hybridized carbons (Fsp3) is 0.250. The lowest BCUT2D eigenvalue weighted by Crippen LogP contribution is -2.25. The Morgan fingerprint density at radius 1 is 1.53 bits per heavy atom. The van der Waals surface area contributed by atoms with Crippen LogP contribution in [0.5, 0.6) is 0 Å². The number of rotatable bonds is 4. The Bertz CT molecular complexity index is 596. The molecule has 1 aromatic heterocycles. The van der Waals surface area contributed by atoms with E-state index in [1.54, 1.807) is 24.5 Å². The van der Waals surface area contributed by atoms with Crippen LogP contribution in [0, 0.1) is 0 Å². The number of nitrogens with zero attached hydrogens (tertiary/aromatic N) is 3. The molecule has 2 rings (SSSR count). The van der Waals surface area contributed by atoms with E-state index >= 15 is 0 Å². The number of carbonyl (C=O) groups excluding carboxylic acids is 1. The molecule has 0 saturated heterocycles. The Hall–Kier alpha value is -1.89. The molecule has 1 amide bonds. The van der Waals surface area contributed by atoms with Crippen molar-refractivity contribution in [3.05, 3.63) is 40.4 Å². The van der Waals surface area contributed by atoms with Crippen LogP contribution in [-0.2, 0) is 13.1 Å². The maximum Gasteiger partial charge on any atom is 0.253 e. The number of nitrogen functional groups attached to an aromatic ring is 1. The topological polar surface area (TPSA) is 85.8 Å². The van der Waals surface area contributed by atoms with Crippen molar-refractivity contribution in [2.45, 2.75) is 20.0 Å². The van der Waals surface area contributed by atoms with Crippen LogP contribution in [0.25, 0.3) is 0 Å². The van der Waals surface area contributed by atoms with E-state index in [-0.39, 0.29) is 5.91 Å². The number of hydrogen-bond donors (Lipinski definition) is 2. The second-order valence-electron chi connectivity index (χ2n) is 3.95. The van der Waals surface area contributed by atoms with Crippen LogP contribution in [0.3, 0.4) is 0 Å². The van der Waals surface area contributed by atoms with Crippen LogP contribution in [-0.4, -0.2) is 20.7 Å². The largest absolute Gasteiger partial charge is 0.398 e. The fourth-order valence-electron chi connectivity index (χ4n) is 1.67. The molecule has 0 unspecified atom stereocenters. The van der Waals surface area contributed by atoms with E-state index in [1.165, 1.54) is 0 Å². The van der Waals surface area contributed by atoms with Gasteiger partial charge in [-0.2, -0.15) is 0 Å². The lowest BCUT2D eigenvalue weighted by molar-refractivity contribution is 0.0950. The highest BCUT2D eigenvalue weighted by Crippen LogP contribution is 2.18. The van der Waals surface area contributed by atoms with Gasteiger partial charge in [0, 0.05) is 16.7 Å². The van der Waals surface area contributed by atoms with Gasteiger partial charge in [0.15, 0.2) is 5.82 Å². The third-order valence-electron chi connectivity index (χ3n) is 2.70. The second-order valence-corrected chi connectivity index (χ2v) is 4.86. The number of benzene rings is 1. The highest BCUT2D eigenvalue weighted by Gasteiger charge is 2.11. The highest BCUT2D eigenvalue weighted by molar-refractivity contribution is 9.10. The Balaban J connectivity index is 2.05. The van der Waals surface area contributed by atoms with Crippen LogP contribution in [0.1, 0.15) is 23.1 Å². The van der Waals surface area contributed by atoms with Crippen LogP contribution in [0.15, 0.2) is 29.0 Å². The number of halogens is 1. The first-order chi connectivity index (χ1) is 9.11. The van der Waals surface area contributed by atoms with Gasteiger partial charge in [0.1, 0.15) is 6.33 Å². The van der Waals surface area contributed by atoms with Crippen molar-refractivity contribution < 1.29 is 4.79 Å². The van der Waals surface area contributed by atoms with Gasteiger partial charge in [0.05, 0.1) is 12.1 Å². The average Bonchev–Trinajstić information content (AvgIpc) is 2.83. The van der Waals surface area contributed by atoms with Crippen molar-refractivity contribution in [3.63, 3.8) is 0 Å². The molecule has 100 valence electrons. The first kappa shape index (κ1) is 13.5. The molecule has 0 aliphatic heterocycles. The van der Waals surface area contributed by atoms with E-state index in [9.17, 15) is 4.79 Å². The molecule has 0 fully saturated rings. The minimum absolute atomic E-state index is 0.226. The Morgan fingerprint density at radius 3 is 3.00 bits per heavy atom. The fourth-order valence-corrected chi connectivity index (χ4v) is 2.05. The van der Waals surface area contributed by atoms with Crippen molar-refractivity contribution >= 4 is 27.5 Å². The molecule has 3 N–H and O–H groups in total. The molecule has 0 bridgehead atoms. The van der Waals surface area contributed by atoms with Crippen molar-refractivity contribution in [1.82, 2.24) is 20.1 Å². The van der Waals surface area contributed by atoms with E-state index in [0.29, 0.717) is 23.6 Å². The normalized spacial score (nSPS) is 10.4. The van der Waals surface area contributed by atoms with Gasteiger partial charge in [-0.3, -0.25) is 4.79 Å². The average molecular weight is 324 g/mol. The van der Waals surface area contributed by atoms with Gasteiger partial charge in [0.2, 0.25) is 0 Å². The molecule has 0 spiro atoms. The number of hydrogen-bond acceptors (Lipinski definition) is 4. The lowest BCUT2D eigenvalue weighted by atomic mass is 10.1. The van der Waals surface area contributed by atoms with Gasteiger partial charge in [-0.25, -0.2) is 0 Å². The van der Waals surface area contributed by atoms with Gasteiger partial charge in [-0.05, 0) is 25.1 Å². The van der Waals surface area contributed by atoms with E-state index < -0.39 is 0 Å². The van der Waals surface area contributed by atoms with E-state index in [0.717, 1.165) is 11.0 Å². The van der Waals surface area contributed by atoms with Crippen LogP contribution in [0.4, 0.5) is 5.69 Å². The minimum Gasteiger partial charge on any atom is -0.398 e. The molecular weight excluding hydrogens is 310 g/mol. The number of aryl methyl sites for hydroxylation is 1. The molecule has 0 atom stereocenters. The molecule has 6 nitrogen and oxygen atoms in total. The quantitative estimate of drug-likeness (QED) is 0.836. The molecule has 7 heteroatoms. The zero-order valence-corrected chi connectivity index (χ0v) is 12.0. The standard InChI is InChI=1S/C12H14BrN5O/c1-2-18-7-16-17-11(18)6-15-12(19)9-4-3-8(13)5-10(9)14/h3-5,7H,2,6,14H2,1H3,(H,15,19). The summed E-state index contributed by atoms with van der Waals surface area (Å²) in [6, 6.07) is 5.16. The summed E-state index contributed by atoms with van der Waals surface area (Å²) in [6.07, 6.45) is 1.63. The van der Waals surface area contributed by atoms with Crippen molar-refractivity contribution in [2.75, 3.05) is 5.73 Å². The molecular formula is C12H14BrN5O. The summed E-state index contributed by atoms with van der Waals surface area (Å²) < 4.78 is 2.71. The maximum absolute atomic E-state index is 12.0. The summed E-state index contributed by atoms with van der Waals surface area (Å²) in [5, 5.41) is 10.5. The maximum atomic E-state index is 12.0. The molecule has 1 heterocycles. The zero-order valence-electron chi connectivity index (χ0n) is 10.4. The number of nitrogens with two attached hydrogens (primary N) is 1. The first-order valence-electron chi connectivity index (χ1n) is 5.81. The van der Waals surface area contributed by atoms with Crippen molar-refractivity contribution in [3.8, 4) is 0 Å². The van der Waals surface area contributed by atoms with Crippen molar-refractivity contribution in [1.29, 1.82) is 0 Å². The number of anilines is 1. The number of amides is 1. The van der Waals surface area contributed by atoms with Crippen molar-refractivity contribution in [2.24, 2.45) is 0 Å². The molecule has 0 saturated carbocycles.